The fourth-order valence-electron chi connectivity index (χ4n) is 2.22. The molecule has 0 fully saturated rings. The van der Waals surface area contributed by atoms with Gasteiger partial charge in [0.15, 0.2) is 0 Å². The van der Waals surface area contributed by atoms with Gasteiger partial charge in [-0.05, 0) is 43.6 Å². The zero-order chi connectivity index (χ0) is 13.7. The lowest BCUT2D eigenvalue weighted by molar-refractivity contribution is 0.471. The molecule has 0 bridgehead atoms. The Morgan fingerprint density at radius 2 is 2.00 bits per heavy atom. The van der Waals surface area contributed by atoms with Gasteiger partial charge < -0.3 is 5.32 Å². The van der Waals surface area contributed by atoms with Crippen LogP contribution in [-0.4, -0.2) is 28.4 Å². The summed E-state index contributed by atoms with van der Waals surface area (Å²) in [6.07, 6.45) is 3.33. The summed E-state index contributed by atoms with van der Waals surface area (Å²) in [6.45, 7) is 0.893. The lowest BCUT2D eigenvalue weighted by Gasteiger charge is -2.16. The molecule has 0 saturated carbocycles. The molecule has 0 spiro atoms. The molecule has 4 nitrogen and oxygen atoms in total. The van der Waals surface area contributed by atoms with Gasteiger partial charge in [0, 0.05) is 13.5 Å². The van der Waals surface area contributed by atoms with E-state index >= 15 is 0 Å². The first-order valence-corrected chi connectivity index (χ1v) is 6.41. The number of hydrogen-bond acceptors (Lipinski definition) is 3. The van der Waals surface area contributed by atoms with Gasteiger partial charge in [0.05, 0.1) is 0 Å². The summed E-state index contributed by atoms with van der Waals surface area (Å²) in [6, 6.07) is 6.70. The summed E-state index contributed by atoms with van der Waals surface area (Å²) in [5.74, 6) is 1.20. The molecular formula is C14H19FN4. The molecule has 1 aromatic carbocycles. The summed E-state index contributed by atoms with van der Waals surface area (Å²) in [7, 11) is 3.84. The number of nitrogens with one attached hydrogen (secondary N) is 1. The van der Waals surface area contributed by atoms with E-state index in [4.69, 9.17) is 0 Å². The second-order valence-corrected chi connectivity index (χ2v) is 4.76. The number of benzene rings is 1. The van der Waals surface area contributed by atoms with Gasteiger partial charge >= 0.3 is 0 Å². The number of nitrogens with zero attached hydrogens (tertiary/aromatic N) is 3. The maximum Gasteiger partial charge on any atom is 0.138 e. The SMILES string of the molecule is CNCC(Cc1ccc(F)cc1)Cc1ncnn1C. The van der Waals surface area contributed by atoms with Crippen LogP contribution in [0.5, 0.6) is 0 Å². The number of aryl methyl sites for hydroxylation is 1. The molecule has 2 aromatic rings. The van der Waals surface area contributed by atoms with Crippen molar-refractivity contribution in [2.75, 3.05) is 13.6 Å². The molecular weight excluding hydrogens is 243 g/mol. The average Bonchev–Trinajstić information content (AvgIpc) is 2.78. The van der Waals surface area contributed by atoms with Crippen LogP contribution in [0.1, 0.15) is 11.4 Å². The number of halogens is 1. The molecule has 0 amide bonds. The Bertz CT molecular complexity index is 506. The Morgan fingerprint density at radius 1 is 1.26 bits per heavy atom. The van der Waals surface area contributed by atoms with Crippen LogP contribution in [0.2, 0.25) is 0 Å². The van der Waals surface area contributed by atoms with Crippen LogP contribution in [0.3, 0.4) is 0 Å². The normalized spacial score (nSPS) is 12.6. The number of rotatable bonds is 6. The molecule has 1 aromatic heterocycles. The van der Waals surface area contributed by atoms with Gasteiger partial charge in [-0.2, -0.15) is 5.10 Å². The van der Waals surface area contributed by atoms with Crippen LogP contribution < -0.4 is 5.32 Å². The van der Waals surface area contributed by atoms with E-state index in [-0.39, 0.29) is 5.82 Å². The standard InChI is InChI=1S/C14H19FN4/c1-16-9-12(8-14-17-10-18-19(14)2)7-11-3-5-13(15)6-4-11/h3-6,10,12,16H,7-9H2,1-2H3. The number of hydrogen-bond donors (Lipinski definition) is 1. The van der Waals surface area contributed by atoms with E-state index in [0.717, 1.165) is 30.8 Å². The monoisotopic (exact) mass is 262 g/mol. The van der Waals surface area contributed by atoms with Crippen molar-refractivity contribution in [1.82, 2.24) is 20.1 Å². The highest BCUT2D eigenvalue weighted by Gasteiger charge is 2.13. The Kier molecular flexibility index (Phi) is 4.63. The number of aromatic nitrogens is 3. The maximum absolute atomic E-state index is 12.9. The smallest absolute Gasteiger partial charge is 0.138 e. The summed E-state index contributed by atoms with van der Waals surface area (Å²) in [4.78, 5) is 4.26. The first-order chi connectivity index (χ1) is 9.19. The molecule has 0 radical (unpaired) electrons. The van der Waals surface area contributed by atoms with Crippen LogP contribution in [-0.2, 0) is 19.9 Å². The minimum absolute atomic E-state index is 0.192. The Labute approximate surface area is 112 Å². The fourth-order valence-corrected chi connectivity index (χ4v) is 2.22. The zero-order valence-corrected chi connectivity index (χ0v) is 11.3. The average molecular weight is 262 g/mol. The van der Waals surface area contributed by atoms with Gasteiger partial charge in [0.2, 0.25) is 0 Å². The first kappa shape index (κ1) is 13.7. The molecule has 1 atom stereocenters. The molecule has 0 saturated heterocycles. The van der Waals surface area contributed by atoms with Crippen molar-refractivity contribution in [3.8, 4) is 0 Å². The second-order valence-electron chi connectivity index (χ2n) is 4.76. The van der Waals surface area contributed by atoms with Crippen molar-refractivity contribution in [2.24, 2.45) is 13.0 Å². The second kappa shape index (κ2) is 6.43. The Balaban J connectivity index is 2.03. The summed E-state index contributed by atoms with van der Waals surface area (Å²) < 4.78 is 14.7. The van der Waals surface area contributed by atoms with Crippen molar-refractivity contribution in [3.05, 3.63) is 47.8 Å². The van der Waals surface area contributed by atoms with Gasteiger partial charge in [-0.3, -0.25) is 4.68 Å². The van der Waals surface area contributed by atoms with E-state index in [9.17, 15) is 4.39 Å². The van der Waals surface area contributed by atoms with E-state index < -0.39 is 0 Å². The minimum Gasteiger partial charge on any atom is -0.319 e. The molecule has 19 heavy (non-hydrogen) atoms. The Morgan fingerprint density at radius 3 is 2.58 bits per heavy atom. The summed E-state index contributed by atoms with van der Waals surface area (Å²) in [5, 5.41) is 7.28. The topological polar surface area (TPSA) is 42.7 Å². The van der Waals surface area contributed by atoms with E-state index in [0.29, 0.717) is 5.92 Å². The highest BCUT2D eigenvalue weighted by Crippen LogP contribution is 2.13. The van der Waals surface area contributed by atoms with Crippen molar-refractivity contribution < 1.29 is 4.39 Å². The fraction of sp³-hybridized carbons (Fsp3) is 0.429. The van der Waals surface area contributed by atoms with Crippen molar-refractivity contribution in [2.45, 2.75) is 12.8 Å². The van der Waals surface area contributed by atoms with Gasteiger partial charge in [-0.15, -0.1) is 0 Å². The Hall–Kier alpha value is -1.75. The minimum atomic E-state index is -0.192. The van der Waals surface area contributed by atoms with Crippen LogP contribution >= 0.6 is 0 Å². The quantitative estimate of drug-likeness (QED) is 0.859. The van der Waals surface area contributed by atoms with E-state index in [2.05, 4.69) is 15.4 Å². The molecule has 5 heteroatoms. The van der Waals surface area contributed by atoms with Gasteiger partial charge in [-0.25, -0.2) is 9.37 Å². The van der Waals surface area contributed by atoms with Crippen molar-refractivity contribution in [1.29, 1.82) is 0 Å². The van der Waals surface area contributed by atoms with E-state index in [1.807, 2.05) is 26.2 Å². The maximum atomic E-state index is 12.9. The van der Waals surface area contributed by atoms with Crippen LogP contribution in [0.15, 0.2) is 30.6 Å². The molecule has 102 valence electrons. The predicted octanol–water partition coefficient (Wildman–Crippen LogP) is 1.57. The lowest BCUT2D eigenvalue weighted by atomic mass is 9.95. The summed E-state index contributed by atoms with van der Waals surface area (Å²) >= 11 is 0. The molecule has 0 aliphatic rings. The van der Waals surface area contributed by atoms with E-state index in [1.165, 1.54) is 12.1 Å². The molecule has 2 rings (SSSR count). The third kappa shape index (κ3) is 3.86. The van der Waals surface area contributed by atoms with Crippen LogP contribution in [0.4, 0.5) is 4.39 Å². The largest absolute Gasteiger partial charge is 0.319 e. The highest BCUT2D eigenvalue weighted by molar-refractivity contribution is 5.17. The highest BCUT2D eigenvalue weighted by atomic mass is 19.1. The van der Waals surface area contributed by atoms with E-state index in [1.54, 1.807) is 11.0 Å². The first-order valence-electron chi connectivity index (χ1n) is 6.41. The van der Waals surface area contributed by atoms with Gasteiger partial charge in [0.25, 0.3) is 0 Å². The van der Waals surface area contributed by atoms with Gasteiger partial charge in [0.1, 0.15) is 18.0 Å². The molecule has 0 aliphatic carbocycles. The van der Waals surface area contributed by atoms with Crippen LogP contribution in [0, 0.1) is 11.7 Å². The van der Waals surface area contributed by atoms with Gasteiger partial charge in [-0.1, -0.05) is 12.1 Å². The van der Waals surface area contributed by atoms with Crippen molar-refractivity contribution >= 4 is 0 Å². The van der Waals surface area contributed by atoms with Crippen LogP contribution in [0.25, 0.3) is 0 Å². The molecule has 1 heterocycles. The predicted molar refractivity (Wildman–Crippen MR) is 72.2 cm³/mol. The molecule has 1 unspecified atom stereocenters. The third-order valence-corrected chi connectivity index (χ3v) is 3.21. The molecule has 1 N–H and O–H groups in total. The zero-order valence-electron chi connectivity index (χ0n) is 11.3. The molecule has 0 aliphatic heterocycles. The van der Waals surface area contributed by atoms with Crippen molar-refractivity contribution in [3.63, 3.8) is 0 Å². The summed E-state index contributed by atoms with van der Waals surface area (Å²) in [5.41, 5.74) is 1.14. The lowest BCUT2D eigenvalue weighted by Crippen LogP contribution is -2.24. The third-order valence-electron chi connectivity index (χ3n) is 3.21.